The Labute approximate surface area is 107 Å². The van der Waals surface area contributed by atoms with Crippen LogP contribution >= 0.6 is 0 Å². The highest BCUT2D eigenvalue weighted by atomic mass is 16.5. The summed E-state index contributed by atoms with van der Waals surface area (Å²) < 4.78 is 10.6. The van der Waals surface area contributed by atoms with Crippen molar-refractivity contribution in [1.29, 1.82) is 0 Å². The quantitative estimate of drug-likeness (QED) is 0.871. The van der Waals surface area contributed by atoms with E-state index < -0.39 is 0 Å². The fraction of sp³-hybridized carbons (Fsp3) is 0.538. The molecule has 2 rings (SSSR count). The monoisotopic (exact) mass is 250 g/mol. The van der Waals surface area contributed by atoms with Gasteiger partial charge in [0.2, 0.25) is 5.91 Å². The van der Waals surface area contributed by atoms with Gasteiger partial charge in [-0.1, -0.05) is 0 Å². The first kappa shape index (κ1) is 12.7. The van der Waals surface area contributed by atoms with Gasteiger partial charge in [-0.2, -0.15) is 0 Å². The number of amides is 1. The normalized spacial score (nSPS) is 19.2. The summed E-state index contributed by atoms with van der Waals surface area (Å²) >= 11 is 0. The summed E-state index contributed by atoms with van der Waals surface area (Å²) in [6.07, 6.45) is 4.18. The fourth-order valence-corrected chi connectivity index (χ4v) is 2.26. The van der Waals surface area contributed by atoms with E-state index in [0.29, 0.717) is 17.9 Å². The van der Waals surface area contributed by atoms with E-state index in [-0.39, 0.29) is 11.8 Å². The summed E-state index contributed by atoms with van der Waals surface area (Å²) in [5.41, 5.74) is 0.777. The van der Waals surface area contributed by atoms with E-state index in [1.54, 1.807) is 26.5 Å². The van der Waals surface area contributed by atoms with Crippen molar-refractivity contribution >= 4 is 5.91 Å². The van der Waals surface area contributed by atoms with E-state index in [2.05, 4.69) is 10.3 Å². The van der Waals surface area contributed by atoms with Crippen LogP contribution in [0.1, 0.15) is 18.5 Å². The standard InChI is InChI=1S/C13H18N2O3/c1-17-11-5-7-14-10(12(11)18-2)8-9-4-3-6-15-13(9)16/h5,7,9H,3-4,6,8H2,1-2H3,(H,15,16). The van der Waals surface area contributed by atoms with Gasteiger partial charge in [0.25, 0.3) is 0 Å². The van der Waals surface area contributed by atoms with Crippen molar-refractivity contribution in [2.45, 2.75) is 19.3 Å². The minimum absolute atomic E-state index is 0.0211. The molecule has 1 aromatic heterocycles. The molecule has 0 aromatic carbocycles. The number of hydrogen-bond acceptors (Lipinski definition) is 4. The van der Waals surface area contributed by atoms with Gasteiger partial charge in [-0.15, -0.1) is 0 Å². The lowest BCUT2D eigenvalue weighted by Gasteiger charge is -2.22. The molecular formula is C13H18N2O3. The van der Waals surface area contributed by atoms with Gasteiger partial charge < -0.3 is 14.8 Å². The van der Waals surface area contributed by atoms with Crippen LogP contribution in [0.25, 0.3) is 0 Å². The number of piperidine rings is 1. The van der Waals surface area contributed by atoms with Crippen molar-refractivity contribution in [3.63, 3.8) is 0 Å². The second kappa shape index (κ2) is 5.71. The summed E-state index contributed by atoms with van der Waals surface area (Å²) in [7, 11) is 3.18. The van der Waals surface area contributed by atoms with E-state index >= 15 is 0 Å². The Kier molecular flexibility index (Phi) is 4.02. The highest BCUT2D eigenvalue weighted by Crippen LogP contribution is 2.31. The van der Waals surface area contributed by atoms with E-state index in [1.165, 1.54) is 0 Å². The smallest absolute Gasteiger partial charge is 0.223 e. The van der Waals surface area contributed by atoms with E-state index in [0.717, 1.165) is 25.1 Å². The Morgan fingerprint density at radius 3 is 2.94 bits per heavy atom. The molecule has 98 valence electrons. The van der Waals surface area contributed by atoms with Gasteiger partial charge in [0.15, 0.2) is 11.5 Å². The van der Waals surface area contributed by atoms with Gasteiger partial charge in [-0.05, 0) is 12.8 Å². The average molecular weight is 250 g/mol. The van der Waals surface area contributed by atoms with Crippen molar-refractivity contribution in [1.82, 2.24) is 10.3 Å². The van der Waals surface area contributed by atoms with Crippen molar-refractivity contribution in [3.05, 3.63) is 18.0 Å². The van der Waals surface area contributed by atoms with Crippen LogP contribution in [0, 0.1) is 5.92 Å². The Morgan fingerprint density at radius 2 is 2.28 bits per heavy atom. The number of aromatic nitrogens is 1. The Balaban J connectivity index is 2.20. The lowest BCUT2D eigenvalue weighted by atomic mass is 9.93. The average Bonchev–Trinajstić information content (AvgIpc) is 2.41. The van der Waals surface area contributed by atoms with Gasteiger partial charge >= 0.3 is 0 Å². The molecule has 0 aliphatic carbocycles. The first-order chi connectivity index (χ1) is 8.76. The van der Waals surface area contributed by atoms with Crippen LogP contribution in [0.5, 0.6) is 11.5 Å². The highest BCUT2D eigenvalue weighted by molar-refractivity contribution is 5.79. The van der Waals surface area contributed by atoms with E-state index in [4.69, 9.17) is 9.47 Å². The number of rotatable bonds is 4. The van der Waals surface area contributed by atoms with Crippen molar-refractivity contribution in [2.24, 2.45) is 5.92 Å². The van der Waals surface area contributed by atoms with E-state index in [9.17, 15) is 4.79 Å². The highest BCUT2D eigenvalue weighted by Gasteiger charge is 2.24. The molecule has 1 aliphatic heterocycles. The summed E-state index contributed by atoms with van der Waals surface area (Å²) in [6, 6.07) is 1.75. The van der Waals surface area contributed by atoms with Crippen LogP contribution in [0.4, 0.5) is 0 Å². The second-order valence-corrected chi connectivity index (χ2v) is 4.33. The molecule has 5 heteroatoms. The number of nitrogens with one attached hydrogen (secondary N) is 1. The predicted molar refractivity (Wildman–Crippen MR) is 66.8 cm³/mol. The molecule has 0 spiro atoms. The number of ether oxygens (including phenoxy) is 2. The number of carbonyl (C=O) groups is 1. The summed E-state index contributed by atoms with van der Waals surface area (Å²) in [5.74, 6) is 1.36. The molecule has 0 saturated carbocycles. The maximum absolute atomic E-state index is 11.7. The molecule has 2 heterocycles. The van der Waals surface area contributed by atoms with Crippen LogP contribution in [-0.4, -0.2) is 31.7 Å². The summed E-state index contributed by atoms with van der Waals surface area (Å²) in [6.45, 7) is 0.776. The molecule has 1 aromatic rings. The molecule has 1 fully saturated rings. The minimum Gasteiger partial charge on any atom is -0.493 e. The third-order valence-corrected chi connectivity index (χ3v) is 3.21. The zero-order chi connectivity index (χ0) is 13.0. The molecule has 1 unspecified atom stereocenters. The molecule has 1 amide bonds. The van der Waals surface area contributed by atoms with Crippen LogP contribution < -0.4 is 14.8 Å². The largest absolute Gasteiger partial charge is 0.493 e. The van der Waals surface area contributed by atoms with Crippen LogP contribution in [0.3, 0.4) is 0 Å². The summed E-state index contributed by atoms with van der Waals surface area (Å²) in [4.78, 5) is 16.0. The Bertz CT molecular complexity index is 434. The van der Waals surface area contributed by atoms with E-state index in [1.807, 2.05) is 0 Å². The predicted octanol–water partition coefficient (Wildman–Crippen LogP) is 1.17. The number of methoxy groups -OCH3 is 2. The molecule has 5 nitrogen and oxygen atoms in total. The molecule has 1 atom stereocenters. The number of carbonyl (C=O) groups excluding carboxylic acids is 1. The third kappa shape index (κ3) is 2.55. The molecular weight excluding hydrogens is 232 g/mol. The van der Waals surface area contributed by atoms with Gasteiger partial charge in [-0.3, -0.25) is 9.78 Å². The molecule has 1 aliphatic rings. The molecule has 18 heavy (non-hydrogen) atoms. The van der Waals surface area contributed by atoms with Gasteiger partial charge in [0.1, 0.15) is 0 Å². The second-order valence-electron chi connectivity index (χ2n) is 4.33. The van der Waals surface area contributed by atoms with Crippen LogP contribution in [0.2, 0.25) is 0 Å². The maximum atomic E-state index is 11.7. The number of hydrogen-bond donors (Lipinski definition) is 1. The summed E-state index contributed by atoms with van der Waals surface area (Å²) in [5, 5.41) is 2.88. The maximum Gasteiger partial charge on any atom is 0.223 e. The molecule has 1 saturated heterocycles. The lowest BCUT2D eigenvalue weighted by molar-refractivity contribution is -0.126. The zero-order valence-electron chi connectivity index (χ0n) is 10.7. The van der Waals surface area contributed by atoms with Crippen molar-refractivity contribution in [2.75, 3.05) is 20.8 Å². The topological polar surface area (TPSA) is 60.5 Å². The van der Waals surface area contributed by atoms with Crippen molar-refractivity contribution in [3.8, 4) is 11.5 Å². The SMILES string of the molecule is COc1ccnc(CC2CCCNC2=O)c1OC. The van der Waals surface area contributed by atoms with Gasteiger partial charge in [-0.25, -0.2) is 0 Å². The first-order valence-electron chi connectivity index (χ1n) is 6.09. The fourth-order valence-electron chi connectivity index (χ4n) is 2.26. The number of nitrogens with zero attached hydrogens (tertiary/aromatic N) is 1. The van der Waals surface area contributed by atoms with Crippen LogP contribution in [0.15, 0.2) is 12.3 Å². The first-order valence-corrected chi connectivity index (χ1v) is 6.09. The molecule has 1 N–H and O–H groups in total. The number of pyridine rings is 1. The zero-order valence-corrected chi connectivity index (χ0v) is 10.7. The Morgan fingerprint density at radius 1 is 1.44 bits per heavy atom. The molecule has 0 bridgehead atoms. The third-order valence-electron chi connectivity index (χ3n) is 3.21. The molecule has 0 radical (unpaired) electrons. The Hall–Kier alpha value is -1.78. The van der Waals surface area contributed by atoms with Gasteiger partial charge in [0, 0.05) is 31.1 Å². The van der Waals surface area contributed by atoms with Crippen molar-refractivity contribution < 1.29 is 14.3 Å². The minimum atomic E-state index is -0.0211. The van der Waals surface area contributed by atoms with Gasteiger partial charge in [0.05, 0.1) is 19.9 Å². The van der Waals surface area contributed by atoms with Crippen LogP contribution in [-0.2, 0) is 11.2 Å². The lowest BCUT2D eigenvalue weighted by Crippen LogP contribution is -2.37.